The third-order valence-corrected chi connectivity index (χ3v) is 5.26. The average Bonchev–Trinajstić information content (AvgIpc) is 3.07. The molecule has 4 aromatic rings. The Morgan fingerprint density at radius 2 is 1.93 bits per heavy atom. The van der Waals surface area contributed by atoms with Crippen molar-refractivity contribution >= 4 is 33.5 Å². The number of pyridine rings is 1. The standard InChI is InChI=1S/C22H22N4O3/c1-13-10-14(8-9-23-18-7-5-4-6-15(18)22(28)29)19-16(11-13)21(27)25(2)20-17(19)12-24-26(20)3/h4-7,10-12,23H,8-9H2,1-3H3,(H,28,29). The van der Waals surface area contributed by atoms with Gasteiger partial charge in [-0.15, -0.1) is 0 Å². The van der Waals surface area contributed by atoms with Crippen LogP contribution in [-0.4, -0.2) is 32.0 Å². The fourth-order valence-electron chi connectivity index (χ4n) is 3.98. The zero-order valence-electron chi connectivity index (χ0n) is 16.6. The van der Waals surface area contributed by atoms with Crippen LogP contribution in [-0.2, 0) is 20.5 Å². The van der Waals surface area contributed by atoms with Gasteiger partial charge in [-0.1, -0.05) is 23.8 Å². The Kier molecular flexibility index (Phi) is 4.58. The van der Waals surface area contributed by atoms with Crippen molar-refractivity contribution in [3.05, 3.63) is 69.6 Å². The molecule has 0 atom stereocenters. The Morgan fingerprint density at radius 1 is 1.17 bits per heavy atom. The quantitative estimate of drug-likeness (QED) is 0.547. The van der Waals surface area contributed by atoms with Gasteiger partial charge in [0.15, 0.2) is 0 Å². The molecule has 0 fully saturated rings. The van der Waals surface area contributed by atoms with E-state index in [1.54, 1.807) is 46.8 Å². The highest BCUT2D eigenvalue weighted by Crippen LogP contribution is 2.27. The van der Waals surface area contributed by atoms with E-state index in [4.69, 9.17) is 0 Å². The normalized spacial score (nSPS) is 11.3. The Bertz CT molecular complexity index is 1320. The maximum absolute atomic E-state index is 13.0. The number of para-hydroxylation sites is 1. The third-order valence-electron chi connectivity index (χ3n) is 5.26. The first-order valence-corrected chi connectivity index (χ1v) is 9.38. The number of carboxylic acids is 1. The van der Waals surface area contributed by atoms with Gasteiger partial charge in [-0.25, -0.2) is 4.79 Å². The molecule has 0 aliphatic carbocycles. The van der Waals surface area contributed by atoms with Crippen LogP contribution in [0.4, 0.5) is 5.69 Å². The first-order chi connectivity index (χ1) is 13.9. The molecule has 0 saturated heterocycles. The lowest BCUT2D eigenvalue weighted by Gasteiger charge is -2.14. The minimum atomic E-state index is -0.963. The molecule has 0 aliphatic rings. The molecule has 7 heteroatoms. The number of hydrogen-bond donors (Lipinski definition) is 2. The van der Waals surface area contributed by atoms with E-state index in [0.717, 1.165) is 27.5 Å². The number of rotatable bonds is 5. The molecule has 2 aromatic carbocycles. The topological polar surface area (TPSA) is 89.2 Å². The van der Waals surface area contributed by atoms with Crippen LogP contribution in [0.1, 0.15) is 21.5 Å². The van der Waals surface area contributed by atoms with E-state index < -0.39 is 5.97 Å². The van der Waals surface area contributed by atoms with Crippen molar-refractivity contribution in [2.24, 2.45) is 14.1 Å². The van der Waals surface area contributed by atoms with E-state index >= 15 is 0 Å². The highest BCUT2D eigenvalue weighted by atomic mass is 16.4. The van der Waals surface area contributed by atoms with E-state index in [1.165, 1.54) is 0 Å². The Hall–Kier alpha value is -3.61. The maximum atomic E-state index is 13.0. The van der Waals surface area contributed by atoms with Crippen molar-refractivity contribution in [3.8, 4) is 0 Å². The summed E-state index contributed by atoms with van der Waals surface area (Å²) in [5.41, 5.74) is 3.60. The first-order valence-electron chi connectivity index (χ1n) is 9.38. The summed E-state index contributed by atoms with van der Waals surface area (Å²) in [4.78, 5) is 24.4. The number of carboxylic acid groups (broad SMARTS) is 1. The van der Waals surface area contributed by atoms with Gasteiger partial charge < -0.3 is 10.4 Å². The number of nitrogens with one attached hydrogen (secondary N) is 1. The van der Waals surface area contributed by atoms with Crippen molar-refractivity contribution in [3.63, 3.8) is 0 Å². The second-order valence-electron chi connectivity index (χ2n) is 7.24. The summed E-state index contributed by atoms with van der Waals surface area (Å²) < 4.78 is 3.34. The zero-order valence-corrected chi connectivity index (χ0v) is 16.6. The fraction of sp³-hybridized carbons (Fsp3) is 0.227. The predicted molar refractivity (Wildman–Crippen MR) is 114 cm³/mol. The van der Waals surface area contributed by atoms with Crippen molar-refractivity contribution in [1.82, 2.24) is 14.3 Å². The van der Waals surface area contributed by atoms with E-state index in [1.807, 2.05) is 20.0 Å². The molecule has 2 N–H and O–H groups in total. The number of benzene rings is 2. The van der Waals surface area contributed by atoms with Crippen LogP contribution in [0.3, 0.4) is 0 Å². The SMILES string of the molecule is Cc1cc(CCNc2ccccc2C(=O)O)c2c(c1)c(=O)n(C)c1c2cnn1C. The van der Waals surface area contributed by atoms with Crippen molar-refractivity contribution in [1.29, 1.82) is 0 Å². The van der Waals surface area contributed by atoms with Gasteiger partial charge in [0.05, 0.1) is 11.8 Å². The lowest BCUT2D eigenvalue weighted by molar-refractivity contribution is 0.0698. The minimum absolute atomic E-state index is 0.0507. The second-order valence-corrected chi connectivity index (χ2v) is 7.24. The third kappa shape index (κ3) is 3.14. The number of nitrogens with zero attached hydrogens (tertiary/aromatic N) is 3. The largest absolute Gasteiger partial charge is 0.478 e. The Labute approximate surface area is 167 Å². The molecule has 0 unspecified atom stereocenters. The maximum Gasteiger partial charge on any atom is 0.337 e. The van der Waals surface area contributed by atoms with Gasteiger partial charge in [0.1, 0.15) is 5.65 Å². The van der Waals surface area contributed by atoms with Crippen LogP contribution in [0.5, 0.6) is 0 Å². The van der Waals surface area contributed by atoms with Crippen molar-refractivity contribution < 1.29 is 9.90 Å². The monoisotopic (exact) mass is 390 g/mol. The summed E-state index contributed by atoms with van der Waals surface area (Å²) in [7, 11) is 3.59. The van der Waals surface area contributed by atoms with Crippen LogP contribution in [0.2, 0.25) is 0 Å². The van der Waals surface area contributed by atoms with Crippen LogP contribution in [0.25, 0.3) is 21.8 Å². The van der Waals surface area contributed by atoms with Crippen LogP contribution < -0.4 is 10.9 Å². The number of aryl methyl sites for hydroxylation is 3. The molecule has 0 amide bonds. The summed E-state index contributed by atoms with van der Waals surface area (Å²) in [6, 6.07) is 10.8. The summed E-state index contributed by atoms with van der Waals surface area (Å²) in [5.74, 6) is -0.963. The lowest BCUT2D eigenvalue weighted by atomic mass is 9.98. The molecule has 2 heterocycles. The fourth-order valence-corrected chi connectivity index (χ4v) is 3.98. The number of anilines is 1. The van der Waals surface area contributed by atoms with E-state index in [9.17, 15) is 14.7 Å². The molecule has 29 heavy (non-hydrogen) atoms. The predicted octanol–water partition coefficient (Wildman–Crippen LogP) is 3.09. The summed E-state index contributed by atoms with van der Waals surface area (Å²) in [6.45, 7) is 2.52. The number of hydrogen-bond acceptors (Lipinski definition) is 4. The second kappa shape index (κ2) is 7.09. The van der Waals surface area contributed by atoms with Crippen molar-refractivity contribution in [2.45, 2.75) is 13.3 Å². The number of carbonyl (C=O) groups is 1. The van der Waals surface area contributed by atoms with Gasteiger partial charge in [-0.3, -0.25) is 14.0 Å². The summed E-state index contributed by atoms with van der Waals surface area (Å²) in [6.07, 6.45) is 2.44. The number of fused-ring (bicyclic) bond motifs is 3. The van der Waals surface area contributed by atoms with Gasteiger partial charge in [0.25, 0.3) is 5.56 Å². The number of aromatic carboxylic acids is 1. The van der Waals surface area contributed by atoms with E-state index in [-0.39, 0.29) is 11.1 Å². The molecule has 0 radical (unpaired) electrons. The molecule has 7 nitrogen and oxygen atoms in total. The molecule has 148 valence electrons. The molecule has 0 spiro atoms. The summed E-state index contributed by atoms with van der Waals surface area (Å²) >= 11 is 0. The molecule has 4 rings (SSSR count). The molecule has 0 saturated carbocycles. The van der Waals surface area contributed by atoms with Gasteiger partial charge in [0.2, 0.25) is 0 Å². The van der Waals surface area contributed by atoms with E-state index in [2.05, 4.69) is 16.5 Å². The lowest BCUT2D eigenvalue weighted by Crippen LogP contribution is -2.19. The molecule has 2 aromatic heterocycles. The Morgan fingerprint density at radius 3 is 2.69 bits per heavy atom. The summed E-state index contributed by atoms with van der Waals surface area (Å²) in [5, 5.41) is 19.4. The van der Waals surface area contributed by atoms with E-state index in [0.29, 0.717) is 24.0 Å². The number of aromatic nitrogens is 3. The van der Waals surface area contributed by atoms with Crippen LogP contribution in [0.15, 0.2) is 47.4 Å². The van der Waals surface area contributed by atoms with Crippen LogP contribution in [0, 0.1) is 6.92 Å². The van der Waals surface area contributed by atoms with Gasteiger partial charge in [-0.2, -0.15) is 5.10 Å². The Balaban J connectivity index is 1.77. The molecule has 0 bridgehead atoms. The highest BCUT2D eigenvalue weighted by Gasteiger charge is 2.16. The average molecular weight is 390 g/mol. The van der Waals surface area contributed by atoms with Crippen LogP contribution >= 0.6 is 0 Å². The van der Waals surface area contributed by atoms with Gasteiger partial charge >= 0.3 is 5.97 Å². The van der Waals surface area contributed by atoms with Gasteiger partial charge in [0, 0.05) is 42.5 Å². The van der Waals surface area contributed by atoms with Gasteiger partial charge in [-0.05, 0) is 37.1 Å². The highest BCUT2D eigenvalue weighted by molar-refractivity contribution is 6.06. The van der Waals surface area contributed by atoms with Crippen molar-refractivity contribution in [2.75, 3.05) is 11.9 Å². The smallest absolute Gasteiger partial charge is 0.337 e. The molecular weight excluding hydrogens is 368 g/mol. The minimum Gasteiger partial charge on any atom is -0.478 e. The molecular formula is C22H22N4O3. The zero-order chi connectivity index (χ0) is 20.7. The first kappa shape index (κ1) is 18.7. The molecule has 0 aliphatic heterocycles.